The van der Waals surface area contributed by atoms with E-state index in [1.165, 1.54) is 250 Å². The molecule has 0 aromatic carbocycles. The number of aliphatic hydroxyl groups is 8. The van der Waals surface area contributed by atoms with E-state index in [9.17, 15) is 45.6 Å². The van der Waals surface area contributed by atoms with Crippen LogP contribution in [0.4, 0.5) is 0 Å². The molecule has 12 unspecified atom stereocenters. The van der Waals surface area contributed by atoms with E-state index in [4.69, 9.17) is 18.9 Å². The Morgan fingerprint density at radius 1 is 0.419 bits per heavy atom. The van der Waals surface area contributed by atoms with E-state index in [0.29, 0.717) is 12.8 Å². The lowest BCUT2D eigenvalue weighted by Crippen LogP contribution is -2.65. The van der Waals surface area contributed by atoms with Crippen LogP contribution in [0.25, 0.3) is 0 Å². The molecule has 0 aromatic heterocycles. The lowest BCUT2D eigenvalue weighted by atomic mass is 9.97. The SMILES string of the molecule is CCCCCCC/C=C\C/C=C\CCCCCCCCCCCCCCCCCCCCCCCCCC(=O)NC(COC1OC(CO)C(OC2OC(CO)C(O)C(O)C2O)C(O)C1O)C(O)CCCCCCCCCCCCCCCCCCC. The summed E-state index contributed by atoms with van der Waals surface area (Å²) in [5, 5.41) is 87.6. The summed E-state index contributed by atoms with van der Waals surface area (Å²) in [5.41, 5.74) is 0. The van der Waals surface area contributed by atoms with Gasteiger partial charge < -0.3 is 65.1 Å². The maximum atomic E-state index is 13.3. The standard InChI is InChI=1S/C72H137NO13/c1-3-5-7-9-11-13-15-17-19-21-22-23-24-25-26-27-28-29-30-31-32-33-34-35-36-37-38-40-42-44-46-48-50-52-54-56-64(77)73-60(61(76)55-53-51-49-47-45-43-41-39-20-18-16-14-12-10-8-6-4-2)59-83-71-69(82)67(80)70(63(58-75)85-71)86-72-68(81)66(79)65(78)62(57-74)84-72/h15,17,21-22,60-63,65-72,74-76,78-82H,3-14,16,18-20,23-59H2,1-2H3,(H,73,77)/b17-15-,22-21-. The average Bonchev–Trinajstić information content (AvgIpc) is 2.46. The molecule has 508 valence electrons. The van der Waals surface area contributed by atoms with E-state index in [1.54, 1.807) is 0 Å². The third-order valence-electron chi connectivity index (χ3n) is 18.2. The fourth-order valence-electron chi connectivity index (χ4n) is 12.3. The molecule has 2 aliphatic heterocycles. The summed E-state index contributed by atoms with van der Waals surface area (Å²) >= 11 is 0. The highest BCUT2D eigenvalue weighted by molar-refractivity contribution is 5.76. The zero-order valence-corrected chi connectivity index (χ0v) is 55.3. The molecule has 2 rings (SSSR count). The maximum absolute atomic E-state index is 13.3. The number of carbonyl (C=O) groups excluding carboxylic acids is 1. The Balaban J connectivity index is 1.59. The molecule has 2 aliphatic rings. The van der Waals surface area contributed by atoms with Crippen molar-refractivity contribution in [2.24, 2.45) is 0 Å². The van der Waals surface area contributed by atoms with Crippen LogP contribution in [0.5, 0.6) is 0 Å². The summed E-state index contributed by atoms with van der Waals surface area (Å²) in [5.74, 6) is -0.199. The highest BCUT2D eigenvalue weighted by Gasteiger charge is 2.51. The molecule has 2 heterocycles. The first-order chi connectivity index (χ1) is 42.1. The number of hydrogen-bond acceptors (Lipinski definition) is 13. The minimum absolute atomic E-state index is 0.199. The Labute approximate surface area is 526 Å². The van der Waals surface area contributed by atoms with E-state index in [2.05, 4.69) is 43.5 Å². The molecule has 1 amide bonds. The van der Waals surface area contributed by atoms with Gasteiger partial charge in [0.15, 0.2) is 12.6 Å². The summed E-state index contributed by atoms with van der Waals surface area (Å²) in [7, 11) is 0. The summed E-state index contributed by atoms with van der Waals surface area (Å²) < 4.78 is 22.9. The number of unbranched alkanes of at least 4 members (excludes halogenated alkanes) is 44. The van der Waals surface area contributed by atoms with Crippen LogP contribution < -0.4 is 5.32 Å². The van der Waals surface area contributed by atoms with E-state index in [1.807, 2.05) is 0 Å². The molecular formula is C72H137NO13. The number of nitrogens with one attached hydrogen (secondary N) is 1. The third kappa shape index (κ3) is 41.1. The third-order valence-corrected chi connectivity index (χ3v) is 18.2. The van der Waals surface area contributed by atoms with E-state index in [0.717, 1.165) is 57.8 Å². The van der Waals surface area contributed by atoms with Crippen molar-refractivity contribution >= 4 is 5.91 Å². The zero-order valence-electron chi connectivity index (χ0n) is 55.3. The highest BCUT2D eigenvalue weighted by Crippen LogP contribution is 2.30. The Morgan fingerprint density at radius 3 is 1.16 bits per heavy atom. The molecule has 0 aromatic rings. The molecule has 14 heteroatoms. The Hall–Kier alpha value is -1.53. The number of rotatable bonds is 61. The molecule has 86 heavy (non-hydrogen) atoms. The number of ether oxygens (including phenoxy) is 4. The van der Waals surface area contributed by atoms with Gasteiger partial charge in [0.25, 0.3) is 0 Å². The van der Waals surface area contributed by atoms with Gasteiger partial charge in [-0.3, -0.25) is 4.79 Å². The monoisotopic (exact) mass is 1220 g/mol. The molecule has 9 N–H and O–H groups in total. The van der Waals surface area contributed by atoms with Gasteiger partial charge in [0.1, 0.15) is 48.8 Å². The first kappa shape index (κ1) is 80.6. The second kappa shape index (κ2) is 57.4. The van der Waals surface area contributed by atoms with E-state index in [-0.39, 0.29) is 12.5 Å². The minimum Gasteiger partial charge on any atom is -0.394 e. The van der Waals surface area contributed by atoms with Crippen LogP contribution in [0.15, 0.2) is 24.3 Å². The first-order valence-electron chi connectivity index (χ1n) is 36.6. The van der Waals surface area contributed by atoms with Crippen LogP contribution in [0.3, 0.4) is 0 Å². The van der Waals surface area contributed by atoms with Gasteiger partial charge in [-0.25, -0.2) is 0 Å². The molecule has 2 saturated heterocycles. The van der Waals surface area contributed by atoms with Crippen molar-refractivity contribution < 1.29 is 64.6 Å². The predicted molar refractivity (Wildman–Crippen MR) is 351 cm³/mol. The highest BCUT2D eigenvalue weighted by atomic mass is 16.7. The molecule has 0 aliphatic carbocycles. The fourth-order valence-corrected chi connectivity index (χ4v) is 12.3. The average molecular weight is 1220 g/mol. The predicted octanol–water partition coefficient (Wildman–Crippen LogP) is 15.1. The smallest absolute Gasteiger partial charge is 0.220 e. The van der Waals surface area contributed by atoms with Crippen molar-refractivity contribution in [2.75, 3.05) is 19.8 Å². The van der Waals surface area contributed by atoms with Gasteiger partial charge in [0, 0.05) is 6.42 Å². The van der Waals surface area contributed by atoms with Crippen LogP contribution in [-0.2, 0) is 23.7 Å². The lowest BCUT2D eigenvalue weighted by molar-refractivity contribution is -0.359. The van der Waals surface area contributed by atoms with Crippen molar-refractivity contribution in [3.8, 4) is 0 Å². The maximum Gasteiger partial charge on any atom is 0.220 e. The number of carbonyl (C=O) groups is 1. The number of allylic oxidation sites excluding steroid dienone is 4. The van der Waals surface area contributed by atoms with Crippen molar-refractivity contribution in [3.05, 3.63) is 24.3 Å². The molecule has 0 bridgehead atoms. The largest absolute Gasteiger partial charge is 0.394 e. The Morgan fingerprint density at radius 2 is 0.767 bits per heavy atom. The van der Waals surface area contributed by atoms with E-state index >= 15 is 0 Å². The van der Waals surface area contributed by atoms with Gasteiger partial charge in [0.05, 0.1) is 32.0 Å². The normalized spacial score (nSPS) is 23.5. The number of amides is 1. The van der Waals surface area contributed by atoms with Crippen molar-refractivity contribution in [1.29, 1.82) is 0 Å². The Kier molecular flexibility index (Phi) is 53.7. The molecule has 14 nitrogen and oxygen atoms in total. The summed E-state index contributed by atoms with van der Waals surface area (Å²) in [4.78, 5) is 13.3. The van der Waals surface area contributed by atoms with Crippen molar-refractivity contribution in [1.82, 2.24) is 5.32 Å². The molecule has 12 atom stereocenters. The molecular weight excluding hydrogens is 1090 g/mol. The minimum atomic E-state index is -1.78. The molecule has 0 radical (unpaired) electrons. The van der Waals surface area contributed by atoms with Crippen LogP contribution in [-0.4, -0.2) is 140 Å². The summed E-state index contributed by atoms with van der Waals surface area (Å²) in [6, 6.07) is -0.826. The van der Waals surface area contributed by atoms with Crippen LogP contribution in [0, 0.1) is 0 Å². The van der Waals surface area contributed by atoms with E-state index < -0.39 is 86.8 Å². The second-order valence-electron chi connectivity index (χ2n) is 26.1. The van der Waals surface area contributed by atoms with Gasteiger partial charge in [-0.1, -0.05) is 308 Å². The quantitative estimate of drug-likeness (QED) is 0.0204. The topological polar surface area (TPSA) is 228 Å². The first-order valence-corrected chi connectivity index (χ1v) is 36.6. The fraction of sp³-hybridized carbons (Fsp3) is 0.931. The van der Waals surface area contributed by atoms with Gasteiger partial charge >= 0.3 is 0 Å². The lowest BCUT2D eigenvalue weighted by Gasteiger charge is -2.46. The number of aliphatic hydroxyl groups excluding tert-OH is 8. The van der Waals surface area contributed by atoms with Gasteiger partial charge in [-0.05, 0) is 44.9 Å². The molecule has 2 fully saturated rings. The molecule has 0 spiro atoms. The summed E-state index contributed by atoms with van der Waals surface area (Å²) in [6.07, 6.45) is 55.0. The molecule has 0 saturated carbocycles. The van der Waals surface area contributed by atoms with Gasteiger partial charge in [-0.15, -0.1) is 0 Å². The van der Waals surface area contributed by atoms with Crippen molar-refractivity contribution in [2.45, 2.75) is 408 Å². The van der Waals surface area contributed by atoms with Crippen molar-refractivity contribution in [3.63, 3.8) is 0 Å². The van der Waals surface area contributed by atoms with Gasteiger partial charge in [0.2, 0.25) is 5.91 Å². The van der Waals surface area contributed by atoms with Crippen LogP contribution >= 0.6 is 0 Å². The second-order valence-corrected chi connectivity index (χ2v) is 26.1. The van der Waals surface area contributed by atoms with Crippen LogP contribution in [0.1, 0.15) is 335 Å². The van der Waals surface area contributed by atoms with Gasteiger partial charge in [-0.2, -0.15) is 0 Å². The zero-order chi connectivity index (χ0) is 62.3. The Bertz CT molecular complexity index is 1540. The van der Waals surface area contributed by atoms with Crippen LogP contribution in [0.2, 0.25) is 0 Å². The number of hydrogen-bond donors (Lipinski definition) is 9. The summed E-state index contributed by atoms with van der Waals surface area (Å²) in [6.45, 7) is 2.90.